The topological polar surface area (TPSA) is 55.6 Å². The molecule has 1 heterocycles. The van der Waals surface area contributed by atoms with Gasteiger partial charge in [-0.05, 0) is 6.92 Å². The van der Waals surface area contributed by atoms with Crippen LogP contribution in [0.15, 0.2) is 0 Å². The zero-order valence-corrected chi connectivity index (χ0v) is 5.26. The number of carbonyl (C=O) groups excluding carboxylic acids is 1. The van der Waals surface area contributed by atoms with Gasteiger partial charge < -0.3 is 10.5 Å². The van der Waals surface area contributed by atoms with Gasteiger partial charge in [0.15, 0.2) is 5.56 Å². The molecule has 2 N–H and O–H groups in total. The highest BCUT2D eigenvalue weighted by molar-refractivity contribution is 6.21. The third kappa shape index (κ3) is 3.89. The van der Waals surface area contributed by atoms with Gasteiger partial charge in [0.25, 0.3) is 0 Å². The highest BCUT2D eigenvalue weighted by Gasteiger charge is 2.30. The second-order valence-corrected chi connectivity index (χ2v) is 1.76. The van der Waals surface area contributed by atoms with Crippen molar-refractivity contribution in [1.29, 1.82) is 0 Å². The molecule has 1 aliphatic rings. The molecule has 2 atom stereocenters. The average molecular weight is 138 g/mol. The van der Waals surface area contributed by atoms with Crippen molar-refractivity contribution in [3.63, 3.8) is 0 Å². The van der Waals surface area contributed by atoms with Crippen LogP contribution in [0.3, 0.4) is 0 Å². The van der Waals surface area contributed by atoms with E-state index in [-0.39, 0.29) is 12.0 Å². The number of alkyl halides is 1. The number of rotatable bonds is 0. The van der Waals surface area contributed by atoms with Gasteiger partial charge in [-0.15, -0.1) is 0 Å². The summed E-state index contributed by atoms with van der Waals surface area (Å²) in [6.07, 6.45) is 0.566. The van der Waals surface area contributed by atoms with Crippen molar-refractivity contribution in [2.45, 2.75) is 18.6 Å². The molecule has 2 unspecified atom stereocenters. The second-order valence-electron chi connectivity index (χ2n) is 1.33. The molecule has 0 bridgehead atoms. The van der Waals surface area contributed by atoms with E-state index in [4.69, 9.17) is 16.4 Å². The van der Waals surface area contributed by atoms with Gasteiger partial charge in [0.1, 0.15) is 0 Å². The van der Waals surface area contributed by atoms with E-state index in [1.54, 1.807) is 0 Å². The molecule has 1 saturated heterocycles. The van der Waals surface area contributed by atoms with Crippen LogP contribution in [0, 0.1) is 0 Å². The van der Waals surface area contributed by atoms with Crippen LogP contribution < -0.4 is 5.73 Å². The molecule has 0 aromatic heterocycles. The van der Waals surface area contributed by atoms with Gasteiger partial charge in [0.2, 0.25) is 6.41 Å². The number of amides is 1. The summed E-state index contributed by atoms with van der Waals surface area (Å²) >= 11 is 5.31. The van der Waals surface area contributed by atoms with Gasteiger partial charge in [-0.2, -0.15) is 0 Å². The Kier molecular flexibility index (Phi) is 3.56. The number of epoxide rings is 1. The van der Waals surface area contributed by atoms with Crippen LogP contribution in [0.2, 0.25) is 0 Å². The monoisotopic (exact) mass is 137 g/mol. The molecule has 0 saturated carbocycles. The Labute approximate surface area is 52.8 Å². The first-order chi connectivity index (χ1) is 3.72. The fourth-order valence-electron chi connectivity index (χ4n) is 0.160. The van der Waals surface area contributed by atoms with Gasteiger partial charge in [0, 0.05) is 0 Å². The largest absolute Gasteiger partial charge is 0.372 e. The molecule has 0 aliphatic carbocycles. The highest BCUT2D eigenvalue weighted by atomic mass is 35.5. The molecule has 8 heavy (non-hydrogen) atoms. The third-order valence-corrected chi connectivity index (χ3v) is 1.09. The Bertz CT molecular complexity index is 72.4. The van der Waals surface area contributed by atoms with Gasteiger partial charge in [-0.3, -0.25) is 4.79 Å². The summed E-state index contributed by atoms with van der Waals surface area (Å²) in [5.74, 6) is 0. The van der Waals surface area contributed by atoms with Gasteiger partial charge in [-0.25, -0.2) is 0 Å². The summed E-state index contributed by atoms with van der Waals surface area (Å²) < 4.78 is 4.68. The number of ether oxygens (including phenoxy) is 1. The van der Waals surface area contributed by atoms with Crippen molar-refractivity contribution in [2.75, 3.05) is 0 Å². The molecular formula is C4H8ClNO2. The van der Waals surface area contributed by atoms with Crippen LogP contribution in [0.25, 0.3) is 0 Å². The van der Waals surface area contributed by atoms with Crippen LogP contribution in [0.1, 0.15) is 6.92 Å². The lowest BCUT2D eigenvalue weighted by Gasteiger charge is -1.55. The molecule has 1 fully saturated rings. The molecule has 1 aliphatic heterocycles. The number of primary amides is 1. The summed E-state index contributed by atoms with van der Waals surface area (Å²) in [5.41, 5.74) is 4.19. The van der Waals surface area contributed by atoms with Gasteiger partial charge in [-0.1, -0.05) is 11.6 Å². The molecule has 4 heteroatoms. The maximum Gasteiger partial charge on any atom is 0.204 e. The molecule has 0 aromatic rings. The standard InChI is InChI=1S/C3H5ClO.CH3NO/c1-2-3(4)5-2;2-1-3/h2-3H,1H3;1H,(H2,2,3). The Hall–Kier alpha value is -0.280. The van der Waals surface area contributed by atoms with Crippen molar-refractivity contribution in [1.82, 2.24) is 0 Å². The minimum atomic E-state index is 0.0231. The first-order valence-electron chi connectivity index (χ1n) is 2.17. The van der Waals surface area contributed by atoms with E-state index in [1.807, 2.05) is 6.92 Å². The minimum absolute atomic E-state index is 0.0231. The molecule has 3 nitrogen and oxygen atoms in total. The van der Waals surface area contributed by atoms with Crippen LogP contribution in [-0.2, 0) is 9.53 Å². The van der Waals surface area contributed by atoms with E-state index in [9.17, 15) is 0 Å². The molecule has 0 spiro atoms. The van der Waals surface area contributed by atoms with Crippen LogP contribution in [0.5, 0.6) is 0 Å². The maximum absolute atomic E-state index is 8.58. The zero-order valence-electron chi connectivity index (χ0n) is 4.50. The lowest BCUT2D eigenvalue weighted by Crippen LogP contribution is -1.82. The first-order valence-corrected chi connectivity index (χ1v) is 2.61. The predicted octanol–water partition coefficient (Wildman–Crippen LogP) is 0.0715. The number of carbonyl (C=O) groups is 1. The Morgan fingerprint density at radius 3 is 2.00 bits per heavy atom. The average Bonchev–Trinajstić information content (AvgIpc) is 2.22. The smallest absolute Gasteiger partial charge is 0.204 e. The van der Waals surface area contributed by atoms with Crippen molar-refractivity contribution in [3.05, 3.63) is 0 Å². The fourth-order valence-corrected chi connectivity index (χ4v) is 0.322. The Balaban J connectivity index is 0.000000145. The number of hydrogen-bond acceptors (Lipinski definition) is 2. The predicted molar refractivity (Wildman–Crippen MR) is 30.4 cm³/mol. The summed E-state index contributed by atoms with van der Waals surface area (Å²) in [5, 5.41) is 0. The summed E-state index contributed by atoms with van der Waals surface area (Å²) in [6, 6.07) is 0. The van der Waals surface area contributed by atoms with E-state index in [1.165, 1.54) is 0 Å². The minimum Gasteiger partial charge on any atom is -0.372 e. The number of nitrogens with two attached hydrogens (primary N) is 1. The van der Waals surface area contributed by atoms with E-state index in [2.05, 4.69) is 10.5 Å². The summed E-state index contributed by atoms with van der Waals surface area (Å²) in [4.78, 5) is 8.58. The Morgan fingerprint density at radius 2 is 2.00 bits per heavy atom. The van der Waals surface area contributed by atoms with Crippen molar-refractivity contribution in [2.24, 2.45) is 5.73 Å². The van der Waals surface area contributed by atoms with Gasteiger partial charge in [0.05, 0.1) is 6.10 Å². The first kappa shape index (κ1) is 7.72. The van der Waals surface area contributed by atoms with E-state index < -0.39 is 0 Å². The van der Waals surface area contributed by atoms with Crippen molar-refractivity contribution in [3.8, 4) is 0 Å². The maximum atomic E-state index is 8.58. The molecule has 1 amide bonds. The fraction of sp³-hybridized carbons (Fsp3) is 0.750. The van der Waals surface area contributed by atoms with E-state index in [0.29, 0.717) is 6.10 Å². The molecule has 0 radical (unpaired) electrons. The van der Waals surface area contributed by atoms with Crippen LogP contribution >= 0.6 is 11.6 Å². The lowest BCUT2D eigenvalue weighted by molar-refractivity contribution is -0.106. The Morgan fingerprint density at radius 1 is 1.88 bits per heavy atom. The quantitative estimate of drug-likeness (QED) is 0.292. The summed E-state index contributed by atoms with van der Waals surface area (Å²) in [6.45, 7) is 1.94. The lowest BCUT2D eigenvalue weighted by atomic mass is 10.6. The third-order valence-electron chi connectivity index (χ3n) is 0.637. The van der Waals surface area contributed by atoms with E-state index in [0.717, 1.165) is 0 Å². The molecule has 0 aromatic carbocycles. The SMILES string of the molecule is CC1OC1Cl.NC=O. The summed E-state index contributed by atoms with van der Waals surface area (Å²) in [7, 11) is 0. The van der Waals surface area contributed by atoms with Crippen molar-refractivity contribution < 1.29 is 9.53 Å². The van der Waals surface area contributed by atoms with E-state index >= 15 is 0 Å². The van der Waals surface area contributed by atoms with Crippen LogP contribution in [0.4, 0.5) is 0 Å². The second kappa shape index (κ2) is 3.69. The molecular weight excluding hydrogens is 130 g/mol. The molecule has 1 rings (SSSR count). The van der Waals surface area contributed by atoms with Crippen LogP contribution in [-0.4, -0.2) is 18.1 Å². The number of hydrogen-bond donors (Lipinski definition) is 1. The normalized spacial score (nSPS) is 32.2. The van der Waals surface area contributed by atoms with Gasteiger partial charge >= 0.3 is 0 Å². The van der Waals surface area contributed by atoms with Crippen molar-refractivity contribution >= 4 is 18.0 Å². The zero-order chi connectivity index (χ0) is 6.57. The number of halogens is 1. The molecule has 48 valence electrons. The highest BCUT2D eigenvalue weighted by Crippen LogP contribution is 2.23.